The summed E-state index contributed by atoms with van der Waals surface area (Å²) in [6, 6.07) is 0. The lowest BCUT2D eigenvalue weighted by Crippen LogP contribution is -2.18. The van der Waals surface area contributed by atoms with Crippen molar-refractivity contribution in [3.63, 3.8) is 0 Å². The highest BCUT2D eigenvalue weighted by molar-refractivity contribution is 5.69. The molecule has 0 radical (unpaired) electrons. The Labute approximate surface area is 249 Å². The quantitative estimate of drug-likeness (QED) is 0.0501. The first-order valence-electron chi connectivity index (χ1n) is 17.7. The van der Waals surface area contributed by atoms with Gasteiger partial charge in [-0.3, -0.25) is 9.59 Å². The minimum Gasteiger partial charge on any atom is -0.481 e. The van der Waals surface area contributed by atoms with Gasteiger partial charge in [-0.25, -0.2) is 0 Å². The Kier molecular flexibility index (Phi) is 31.1. The van der Waals surface area contributed by atoms with Gasteiger partial charge in [-0.05, 0) is 64.2 Å². The molecule has 0 spiro atoms. The predicted molar refractivity (Wildman–Crippen MR) is 172 cm³/mol. The molecule has 0 fully saturated rings. The van der Waals surface area contributed by atoms with E-state index in [1.54, 1.807) is 0 Å². The zero-order valence-corrected chi connectivity index (χ0v) is 26.9. The van der Waals surface area contributed by atoms with Gasteiger partial charge in [0.05, 0.1) is 0 Å². The maximum Gasteiger partial charge on any atom is 0.306 e. The molecule has 0 aromatic heterocycles. The molecule has 0 heterocycles. The summed E-state index contributed by atoms with van der Waals surface area (Å²) in [6.45, 7) is 4.49. The average molecular weight is 565 g/mol. The van der Waals surface area contributed by atoms with Gasteiger partial charge in [-0.2, -0.15) is 0 Å². The molecule has 0 saturated carbocycles. The number of hydrogen-bond donors (Lipinski definition) is 1. The Morgan fingerprint density at radius 2 is 0.900 bits per heavy atom. The number of allylic oxidation sites excluding steroid dienone is 2. The molecule has 0 aromatic carbocycles. The lowest BCUT2D eigenvalue weighted by Gasteiger charge is -2.18. The van der Waals surface area contributed by atoms with Gasteiger partial charge in [0.25, 0.3) is 0 Å². The highest BCUT2D eigenvalue weighted by atomic mass is 16.5. The summed E-state index contributed by atoms with van der Waals surface area (Å²) in [5, 5.41) is 8.68. The van der Waals surface area contributed by atoms with E-state index in [0.717, 1.165) is 57.8 Å². The molecule has 0 aromatic rings. The van der Waals surface area contributed by atoms with Gasteiger partial charge in [0.2, 0.25) is 0 Å². The molecule has 0 bridgehead atoms. The van der Waals surface area contributed by atoms with Crippen LogP contribution in [0.3, 0.4) is 0 Å². The predicted octanol–water partition coefficient (Wildman–Crippen LogP) is 11.9. The molecule has 1 N–H and O–H groups in total. The number of hydrogen-bond acceptors (Lipinski definition) is 3. The zero-order chi connectivity index (χ0) is 29.4. The van der Waals surface area contributed by atoms with Crippen LogP contribution in [0.5, 0.6) is 0 Å². The van der Waals surface area contributed by atoms with E-state index < -0.39 is 5.97 Å². The van der Waals surface area contributed by atoms with E-state index in [1.807, 2.05) is 0 Å². The van der Waals surface area contributed by atoms with Crippen molar-refractivity contribution in [1.29, 1.82) is 0 Å². The maximum absolute atomic E-state index is 12.5. The van der Waals surface area contributed by atoms with Crippen molar-refractivity contribution in [2.24, 2.45) is 0 Å². The third-order valence-corrected chi connectivity index (χ3v) is 7.99. The molecule has 0 amide bonds. The number of rotatable bonds is 32. The van der Waals surface area contributed by atoms with Gasteiger partial charge in [0, 0.05) is 12.8 Å². The minimum absolute atomic E-state index is 0.0158. The number of carbonyl (C=O) groups excluding carboxylic acids is 1. The monoisotopic (exact) mass is 565 g/mol. The van der Waals surface area contributed by atoms with Crippen molar-refractivity contribution >= 4 is 11.9 Å². The standard InChI is InChI=1S/C36H68O4/c1-3-5-7-8-9-10-11-12-13-14-15-19-22-25-29-33-36(39)40-34(30-26-6-4-2)31-27-23-20-17-16-18-21-24-28-32-35(37)38/h12-13,34H,3-11,14-33H2,1-2H3,(H,37,38). The van der Waals surface area contributed by atoms with Crippen molar-refractivity contribution in [2.75, 3.05) is 0 Å². The van der Waals surface area contributed by atoms with Gasteiger partial charge in [0.15, 0.2) is 0 Å². The Morgan fingerprint density at radius 3 is 1.40 bits per heavy atom. The van der Waals surface area contributed by atoms with Crippen LogP contribution in [0.15, 0.2) is 12.2 Å². The summed E-state index contributed by atoms with van der Waals surface area (Å²) in [5.74, 6) is -0.663. The third-order valence-electron chi connectivity index (χ3n) is 7.99. The number of carboxylic acids is 1. The maximum atomic E-state index is 12.5. The van der Waals surface area contributed by atoms with Gasteiger partial charge < -0.3 is 9.84 Å². The van der Waals surface area contributed by atoms with E-state index in [9.17, 15) is 9.59 Å². The molecule has 1 unspecified atom stereocenters. The Morgan fingerprint density at radius 1 is 0.525 bits per heavy atom. The topological polar surface area (TPSA) is 63.6 Å². The number of aliphatic carboxylic acids is 1. The summed E-state index contributed by atoms with van der Waals surface area (Å²) in [6.07, 6.45) is 38.2. The first kappa shape index (κ1) is 38.7. The van der Waals surface area contributed by atoms with Gasteiger partial charge in [-0.1, -0.05) is 135 Å². The fraction of sp³-hybridized carbons (Fsp3) is 0.889. The summed E-state index contributed by atoms with van der Waals surface area (Å²) in [7, 11) is 0. The molecule has 236 valence electrons. The second-order valence-electron chi connectivity index (χ2n) is 12.1. The van der Waals surface area contributed by atoms with E-state index in [0.29, 0.717) is 12.8 Å². The number of carboxylic acid groups (broad SMARTS) is 1. The molecule has 0 rings (SSSR count). The van der Waals surface area contributed by atoms with Crippen molar-refractivity contribution < 1.29 is 19.4 Å². The van der Waals surface area contributed by atoms with Crippen molar-refractivity contribution in [1.82, 2.24) is 0 Å². The van der Waals surface area contributed by atoms with E-state index in [-0.39, 0.29) is 12.1 Å². The number of unbranched alkanes of at least 4 members (excludes halogenated alkanes) is 21. The van der Waals surface area contributed by atoms with Crippen molar-refractivity contribution in [3.05, 3.63) is 12.2 Å². The Hall–Kier alpha value is -1.32. The first-order chi connectivity index (χ1) is 19.6. The third kappa shape index (κ3) is 31.2. The van der Waals surface area contributed by atoms with Crippen LogP contribution in [-0.2, 0) is 14.3 Å². The van der Waals surface area contributed by atoms with E-state index in [2.05, 4.69) is 26.0 Å². The van der Waals surface area contributed by atoms with Crippen LogP contribution in [0.25, 0.3) is 0 Å². The van der Waals surface area contributed by atoms with E-state index >= 15 is 0 Å². The van der Waals surface area contributed by atoms with Crippen molar-refractivity contribution in [3.8, 4) is 0 Å². The normalized spacial score (nSPS) is 12.2. The molecule has 4 nitrogen and oxygen atoms in total. The highest BCUT2D eigenvalue weighted by Crippen LogP contribution is 2.18. The number of carbonyl (C=O) groups is 2. The molecule has 0 aliphatic heterocycles. The fourth-order valence-electron chi connectivity index (χ4n) is 5.35. The zero-order valence-electron chi connectivity index (χ0n) is 26.9. The van der Waals surface area contributed by atoms with Crippen LogP contribution < -0.4 is 0 Å². The van der Waals surface area contributed by atoms with E-state index in [4.69, 9.17) is 9.84 Å². The summed E-state index contributed by atoms with van der Waals surface area (Å²) in [4.78, 5) is 23.0. The van der Waals surface area contributed by atoms with Gasteiger partial charge >= 0.3 is 11.9 Å². The minimum atomic E-state index is -0.679. The smallest absolute Gasteiger partial charge is 0.306 e. The average Bonchev–Trinajstić information content (AvgIpc) is 2.93. The van der Waals surface area contributed by atoms with Crippen LogP contribution in [0, 0.1) is 0 Å². The fourth-order valence-corrected chi connectivity index (χ4v) is 5.35. The summed E-state index contributed by atoms with van der Waals surface area (Å²) >= 11 is 0. The molecule has 0 saturated heterocycles. The molecule has 0 aliphatic carbocycles. The second kappa shape index (κ2) is 32.2. The second-order valence-corrected chi connectivity index (χ2v) is 12.1. The lowest BCUT2D eigenvalue weighted by molar-refractivity contribution is -0.150. The summed E-state index contributed by atoms with van der Waals surface area (Å²) in [5.41, 5.74) is 0. The molecule has 0 aliphatic rings. The largest absolute Gasteiger partial charge is 0.481 e. The van der Waals surface area contributed by atoms with Crippen LogP contribution in [0.4, 0.5) is 0 Å². The van der Waals surface area contributed by atoms with Crippen molar-refractivity contribution in [2.45, 2.75) is 206 Å². The van der Waals surface area contributed by atoms with Crippen LogP contribution in [0.2, 0.25) is 0 Å². The van der Waals surface area contributed by atoms with Gasteiger partial charge in [-0.15, -0.1) is 0 Å². The molecule has 40 heavy (non-hydrogen) atoms. The highest BCUT2D eigenvalue weighted by Gasteiger charge is 2.14. The molecule has 4 heteroatoms. The van der Waals surface area contributed by atoms with Gasteiger partial charge in [0.1, 0.15) is 6.10 Å². The molecule has 1 atom stereocenters. The number of ether oxygens (including phenoxy) is 1. The number of esters is 1. The molecular formula is C36H68O4. The molecular weight excluding hydrogens is 496 g/mol. The summed E-state index contributed by atoms with van der Waals surface area (Å²) < 4.78 is 5.93. The van der Waals surface area contributed by atoms with E-state index in [1.165, 1.54) is 116 Å². The SMILES string of the molecule is CCCCCCCCC=CCCCCCCCC(=O)OC(CCCCC)CCCCCCCCCCCC(=O)O. The lowest BCUT2D eigenvalue weighted by atomic mass is 10.0. The first-order valence-corrected chi connectivity index (χ1v) is 17.7. The van der Waals surface area contributed by atoms with Crippen LogP contribution in [0.1, 0.15) is 200 Å². The Balaban J connectivity index is 3.76. The van der Waals surface area contributed by atoms with Crippen LogP contribution in [-0.4, -0.2) is 23.1 Å². The van der Waals surface area contributed by atoms with Crippen LogP contribution >= 0.6 is 0 Å². The Bertz CT molecular complexity index is 571.